The van der Waals surface area contributed by atoms with Crippen LogP contribution in [0.1, 0.15) is 32.6 Å². The molecular formula is C18H27N3O2. The fourth-order valence-electron chi connectivity index (χ4n) is 3.59. The van der Waals surface area contributed by atoms with E-state index in [-0.39, 0.29) is 11.9 Å². The molecule has 0 radical (unpaired) electrons. The molecule has 5 heteroatoms. The van der Waals surface area contributed by atoms with E-state index in [1.165, 1.54) is 12.8 Å². The van der Waals surface area contributed by atoms with E-state index < -0.39 is 0 Å². The molecule has 2 N–H and O–H groups in total. The van der Waals surface area contributed by atoms with E-state index >= 15 is 0 Å². The molecule has 1 aliphatic carbocycles. The second-order valence-corrected chi connectivity index (χ2v) is 6.71. The van der Waals surface area contributed by atoms with Gasteiger partial charge in [0, 0.05) is 37.9 Å². The summed E-state index contributed by atoms with van der Waals surface area (Å²) in [6.07, 6.45) is 4.75. The van der Waals surface area contributed by atoms with Crippen molar-refractivity contribution in [2.45, 2.75) is 44.7 Å². The number of phenols is 1. The van der Waals surface area contributed by atoms with E-state index in [2.05, 4.69) is 15.1 Å². The van der Waals surface area contributed by atoms with Crippen LogP contribution in [0.2, 0.25) is 0 Å². The van der Waals surface area contributed by atoms with Crippen molar-refractivity contribution < 1.29 is 9.90 Å². The van der Waals surface area contributed by atoms with Crippen molar-refractivity contribution in [3.8, 4) is 5.75 Å². The molecule has 1 aromatic rings. The minimum atomic E-state index is -0.0578. The minimum absolute atomic E-state index is 0.0578. The van der Waals surface area contributed by atoms with Gasteiger partial charge in [-0.15, -0.1) is 0 Å². The highest BCUT2D eigenvalue weighted by Gasteiger charge is 2.27. The summed E-state index contributed by atoms with van der Waals surface area (Å²) in [6.45, 7) is 5.61. The maximum Gasteiger partial charge on any atom is 0.237 e. The highest BCUT2D eigenvalue weighted by Crippen LogP contribution is 2.21. The quantitative estimate of drug-likeness (QED) is 0.891. The van der Waals surface area contributed by atoms with Gasteiger partial charge in [-0.3, -0.25) is 9.69 Å². The number of carbonyl (C=O) groups is 1. The van der Waals surface area contributed by atoms with Crippen LogP contribution in [0, 0.1) is 0 Å². The molecule has 1 atom stereocenters. The second kappa shape index (κ2) is 7.21. The molecule has 1 unspecified atom stereocenters. The van der Waals surface area contributed by atoms with Gasteiger partial charge in [-0.25, -0.2) is 0 Å². The summed E-state index contributed by atoms with van der Waals surface area (Å²) >= 11 is 0. The molecule has 3 rings (SSSR count). The number of amides is 1. The van der Waals surface area contributed by atoms with Crippen LogP contribution in [-0.2, 0) is 4.79 Å². The Bertz CT molecular complexity index is 518. The van der Waals surface area contributed by atoms with Crippen molar-refractivity contribution in [2.24, 2.45) is 0 Å². The smallest absolute Gasteiger partial charge is 0.237 e. The number of anilines is 1. The number of benzene rings is 1. The highest BCUT2D eigenvalue weighted by molar-refractivity contribution is 5.81. The fourth-order valence-corrected chi connectivity index (χ4v) is 3.59. The van der Waals surface area contributed by atoms with Gasteiger partial charge in [-0.05, 0) is 44.0 Å². The standard InChI is InChI=1S/C18H27N3O2/c1-14(18(23)19-15-4-2-3-5-15)20-10-12-21(13-11-20)16-6-8-17(22)9-7-16/h6-9,14-15,22H,2-5,10-13H2,1H3,(H,19,23). The molecule has 1 saturated carbocycles. The number of rotatable bonds is 4. The molecule has 23 heavy (non-hydrogen) atoms. The van der Waals surface area contributed by atoms with Crippen molar-refractivity contribution in [3.63, 3.8) is 0 Å². The van der Waals surface area contributed by atoms with E-state index in [1.807, 2.05) is 19.1 Å². The Balaban J connectivity index is 1.49. The highest BCUT2D eigenvalue weighted by atomic mass is 16.3. The van der Waals surface area contributed by atoms with Gasteiger partial charge in [-0.1, -0.05) is 12.8 Å². The summed E-state index contributed by atoms with van der Waals surface area (Å²) in [5.74, 6) is 0.472. The minimum Gasteiger partial charge on any atom is -0.508 e. The van der Waals surface area contributed by atoms with E-state index in [0.717, 1.165) is 44.7 Å². The summed E-state index contributed by atoms with van der Waals surface area (Å²) in [4.78, 5) is 17.0. The lowest BCUT2D eigenvalue weighted by Gasteiger charge is -2.38. The summed E-state index contributed by atoms with van der Waals surface area (Å²) < 4.78 is 0. The SMILES string of the molecule is CC(C(=O)NC1CCCC1)N1CCN(c2ccc(O)cc2)CC1. The van der Waals surface area contributed by atoms with Crippen LogP contribution >= 0.6 is 0 Å². The van der Waals surface area contributed by atoms with Gasteiger partial charge in [0.2, 0.25) is 5.91 Å². The number of carbonyl (C=O) groups excluding carboxylic acids is 1. The van der Waals surface area contributed by atoms with Crippen molar-refractivity contribution in [2.75, 3.05) is 31.1 Å². The van der Waals surface area contributed by atoms with E-state index in [9.17, 15) is 9.90 Å². The molecule has 0 spiro atoms. The zero-order valence-corrected chi connectivity index (χ0v) is 13.9. The average molecular weight is 317 g/mol. The Hall–Kier alpha value is -1.75. The number of nitrogens with zero attached hydrogens (tertiary/aromatic N) is 2. The molecule has 1 aliphatic heterocycles. The van der Waals surface area contributed by atoms with Gasteiger partial charge in [0.1, 0.15) is 5.75 Å². The van der Waals surface area contributed by atoms with Crippen molar-refractivity contribution in [3.05, 3.63) is 24.3 Å². The number of nitrogens with one attached hydrogen (secondary N) is 1. The number of hydrogen-bond acceptors (Lipinski definition) is 4. The van der Waals surface area contributed by atoms with Crippen LogP contribution in [0.4, 0.5) is 5.69 Å². The lowest BCUT2D eigenvalue weighted by molar-refractivity contribution is -0.126. The number of piperazine rings is 1. The van der Waals surface area contributed by atoms with E-state index in [1.54, 1.807) is 12.1 Å². The molecule has 1 aromatic carbocycles. The third-order valence-corrected chi connectivity index (χ3v) is 5.16. The van der Waals surface area contributed by atoms with Gasteiger partial charge in [0.25, 0.3) is 0 Å². The molecule has 1 amide bonds. The van der Waals surface area contributed by atoms with Gasteiger partial charge in [0.05, 0.1) is 6.04 Å². The monoisotopic (exact) mass is 317 g/mol. The first-order valence-electron chi connectivity index (χ1n) is 8.72. The van der Waals surface area contributed by atoms with E-state index in [4.69, 9.17) is 0 Å². The average Bonchev–Trinajstić information content (AvgIpc) is 3.08. The van der Waals surface area contributed by atoms with Crippen molar-refractivity contribution in [1.29, 1.82) is 0 Å². The first kappa shape index (κ1) is 16.1. The van der Waals surface area contributed by atoms with Crippen molar-refractivity contribution >= 4 is 11.6 Å². The maximum atomic E-state index is 12.4. The van der Waals surface area contributed by atoms with Gasteiger partial charge < -0.3 is 15.3 Å². The Morgan fingerprint density at radius 2 is 1.74 bits per heavy atom. The number of phenolic OH excluding ortho intramolecular Hbond substituents is 1. The number of aromatic hydroxyl groups is 1. The topological polar surface area (TPSA) is 55.8 Å². The normalized spacial score (nSPS) is 21.3. The Morgan fingerprint density at radius 3 is 2.35 bits per heavy atom. The predicted molar refractivity (Wildman–Crippen MR) is 91.8 cm³/mol. The van der Waals surface area contributed by atoms with Gasteiger partial charge in [-0.2, -0.15) is 0 Å². The molecule has 2 fully saturated rings. The summed E-state index contributed by atoms with van der Waals surface area (Å²) in [7, 11) is 0. The Labute approximate surface area is 138 Å². The lowest BCUT2D eigenvalue weighted by atomic mass is 10.1. The summed E-state index contributed by atoms with van der Waals surface area (Å²) in [5.41, 5.74) is 1.13. The molecule has 1 heterocycles. The lowest BCUT2D eigenvalue weighted by Crippen LogP contribution is -2.54. The molecule has 5 nitrogen and oxygen atoms in total. The molecule has 126 valence electrons. The summed E-state index contributed by atoms with van der Waals surface area (Å²) in [6, 6.07) is 7.67. The second-order valence-electron chi connectivity index (χ2n) is 6.71. The first-order valence-corrected chi connectivity index (χ1v) is 8.72. The van der Waals surface area contributed by atoms with Crippen LogP contribution in [0.25, 0.3) is 0 Å². The van der Waals surface area contributed by atoms with Crippen LogP contribution in [0.3, 0.4) is 0 Å². The molecule has 0 aromatic heterocycles. The molecule has 2 aliphatic rings. The molecular weight excluding hydrogens is 290 g/mol. The number of hydrogen-bond donors (Lipinski definition) is 2. The van der Waals surface area contributed by atoms with Crippen LogP contribution in [0.5, 0.6) is 5.75 Å². The molecule has 0 bridgehead atoms. The third kappa shape index (κ3) is 3.96. The van der Waals surface area contributed by atoms with Crippen LogP contribution in [0.15, 0.2) is 24.3 Å². The maximum absolute atomic E-state index is 12.4. The zero-order valence-electron chi connectivity index (χ0n) is 13.9. The fraction of sp³-hybridized carbons (Fsp3) is 0.611. The third-order valence-electron chi connectivity index (χ3n) is 5.16. The largest absolute Gasteiger partial charge is 0.508 e. The van der Waals surface area contributed by atoms with Crippen LogP contribution in [-0.4, -0.2) is 54.2 Å². The Kier molecular flexibility index (Phi) is 5.06. The zero-order chi connectivity index (χ0) is 16.2. The van der Waals surface area contributed by atoms with Crippen molar-refractivity contribution in [1.82, 2.24) is 10.2 Å². The van der Waals surface area contributed by atoms with Crippen LogP contribution < -0.4 is 10.2 Å². The van der Waals surface area contributed by atoms with Gasteiger partial charge >= 0.3 is 0 Å². The van der Waals surface area contributed by atoms with Gasteiger partial charge in [0.15, 0.2) is 0 Å². The van der Waals surface area contributed by atoms with E-state index in [0.29, 0.717) is 11.8 Å². The predicted octanol–water partition coefficient (Wildman–Crippen LogP) is 1.96. The summed E-state index contributed by atoms with van der Waals surface area (Å²) in [5, 5.41) is 12.6. The Morgan fingerprint density at radius 1 is 1.13 bits per heavy atom. The molecule has 1 saturated heterocycles. The first-order chi connectivity index (χ1) is 11.1.